The van der Waals surface area contributed by atoms with Crippen LogP contribution in [0.3, 0.4) is 0 Å². The molecular weight excluding hydrogens is 383 g/mol. The Morgan fingerprint density at radius 3 is 2.69 bits per heavy atom. The summed E-state index contributed by atoms with van der Waals surface area (Å²) in [7, 11) is 0. The summed E-state index contributed by atoms with van der Waals surface area (Å²) in [6, 6.07) is 10.6. The van der Waals surface area contributed by atoms with E-state index >= 15 is 0 Å². The van der Waals surface area contributed by atoms with E-state index in [0.29, 0.717) is 5.56 Å². The molecule has 1 heterocycles. The summed E-state index contributed by atoms with van der Waals surface area (Å²) in [5.41, 5.74) is 2.25. The normalized spacial score (nSPS) is 9.62. The minimum absolute atomic E-state index is 0. The number of aromatic nitrogens is 2. The van der Waals surface area contributed by atoms with Crippen molar-refractivity contribution in [3.05, 3.63) is 47.8 Å². The van der Waals surface area contributed by atoms with E-state index in [1.54, 1.807) is 17.8 Å². The molecule has 0 saturated carbocycles. The second-order valence-corrected chi connectivity index (χ2v) is 3.38. The monoisotopic (exact) mass is 394 g/mol. The van der Waals surface area contributed by atoms with Crippen LogP contribution in [0.1, 0.15) is 23.0 Å². The summed E-state index contributed by atoms with van der Waals surface area (Å²) in [5.74, 6) is 0.0367. The first-order valence-corrected chi connectivity index (χ1v) is 4.73. The van der Waals surface area contributed by atoms with Crippen LogP contribution in [-0.4, -0.2) is 15.6 Å². The fourth-order valence-corrected chi connectivity index (χ4v) is 1.46. The Balaban J connectivity index is 0.00000128. The van der Waals surface area contributed by atoms with E-state index in [1.165, 1.54) is 0 Å². The minimum atomic E-state index is 0. The summed E-state index contributed by atoms with van der Waals surface area (Å²) in [4.78, 5) is 11.2. The number of hydrogen-bond donors (Lipinski definition) is 0. The van der Waals surface area contributed by atoms with E-state index in [4.69, 9.17) is 0 Å². The number of carbonyl (C=O) groups is 1. The Labute approximate surface area is 109 Å². The van der Waals surface area contributed by atoms with Crippen LogP contribution in [-0.2, 0) is 21.1 Å². The van der Waals surface area contributed by atoms with Gasteiger partial charge in [-0.15, -0.1) is 6.07 Å². The van der Waals surface area contributed by atoms with Gasteiger partial charge in [-0.3, -0.25) is 9.48 Å². The van der Waals surface area contributed by atoms with Crippen molar-refractivity contribution in [3.8, 4) is 5.69 Å². The van der Waals surface area contributed by atoms with Crippen LogP contribution in [0.2, 0.25) is 0 Å². The number of benzene rings is 1. The number of aryl methyl sites for hydroxylation is 1. The van der Waals surface area contributed by atoms with Crippen molar-refractivity contribution in [3.63, 3.8) is 0 Å². The van der Waals surface area contributed by atoms with Crippen molar-refractivity contribution >= 4 is 5.78 Å². The van der Waals surface area contributed by atoms with Crippen molar-refractivity contribution < 1.29 is 25.9 Å². The Kier molecular flexibility index (Phi) is 4.19. The zero-order chi connectivity index (χ0) is 10.8. The molecule has 1 aromatic heterocycles. The molecule has 0 unspecified atom stereocenters. The number of Topliss-reactive ketones (excluding diaryl/α,β-unsaturated/α-hetero) is 1. The summed E-state index contributed by atoms with van der Waals surface area (Å²) in [6.45, 7) is 3.37. The Morgan fingerprint density at radius 1 is 1.44 bits per heavy atom. The van der Waals surface area contributed by atoms with Gasteiger partial charge in [0.2, 0.25) is 0 Å². The molecule has 0 atom stereocenters. The molecule has 86 valence electrons. The quantitative estimate of drug-likeness (QED) is 0.578. The minimum Gasteiger partial charge on any atom is -0.294 e. The van der Waals surface area contributed by atoms with E-state index in [1.807, 2.05) is 31.2 Å². The third-order valence-corrected chi connectivity index (χ3v) is 2.22. The van der Waals surface area contributed by atoms with Crippen LogP contribution in [0.15, 0.2) is 30.5 Å². The molecular formula is C12H11N2OPt-. The molecule has 0 N–H and O–H groups in total. The van der Waals surface area contributed by atoms with E-state index in [0.717, 1.165) is 11.4 Å². The van der Waals surface area contributed by atoms with Crippen molar-refractivity contribution in [1.29, 1.82) is 0 Å². The number of rotatable bonds is 2. The topological polar surface area (TPSA) is 34.9 Å². The van der Waals surface area contributed by atoms with Crippen molar-refractivity contribution in [2.24, 2.45) is 0 Å². The maximum absolute atomic E-state index is 11.2. The molecule has 0 spiro atoms. The van der Waals surface area contributed by atoms with Gasteiger partial charge in [0, 0.05) is 27.3 Å². The zero-order valence-corrected chi connectivity index (χ0v) is 11.3. The molecule has 0 amide bonds. The molecule has 16 heavy (non-hydrogen) atoms. The number of ketones is 1. The van der Waals surface area contributed by atoms with Crippen molar-refractivity contribution in [2.75, 3.05) is 0 Å². The van der Waals surface area contributed by atoms with Gasteiger partial charge in [-0.1, -0.05) is 0 Å². The predicted molar refractivity (Wildman–Crippen MR) is 57.1 cm³/mol. The van der Waals surface area contributed by atoms with Gasteiger partial charge in [-0.25, -0.2) is 0 Å². The van der Waals surface area contributed by atoms with Gasteiger partial charge < -0.3 is 0 Å². The van der Waals surface area contributed by atoms with Crippen molar-refractivity contribution in [2.45, 2.75) is 13.8 Å². The van der Waals surface area contributed by atoms with E-state index in [9.17, 15) is 4.79 Å². The Morgan fingerprint density at radius 2 is 2.19 bits per heavy atom. The van der Waals surface area contributed by atoms with Crippen LogP contribution < -0.4 is 0 Å². The fourth-order valence-electron chi connectivity index (χ4n) is 1.46. The second kappa shape index (κ2) is 5.22. The molecule has 0 aliphatic heterocycles. The van der Waals surface area contributed by atoms with Crippen LogP contribution >= 0.6 is 0 Å². The summed E-state index contributed by atoms with van der Waals surface area (Å²) in [6.07, 6.45) is 1.74. The van der Waals surface area contributed by atoms with Crippen molar-refractivity contribution in [1.82, 2.24) is 9.78 Å². The molecule has 3 nitrogen and oxygen atoms in total. The van der Waals surface area contributed by atoms with Gasteiger partial charge in [0.15, 0.2) is 5.78 Å². The Hall–Kier alpha value is -1.21. The molecule has 2 aromatic rings. The largest absolute Gasteiger partial charge is 0.294 e. The molecule has 4 heteroatoms. The third kappa shape index (κ3) is 2.48. The van der Waals surface area contributed by atoms with Crippen LogP contribution in [0.5, 0.6) is 0 Å². The molecule has 0 aliphatic carbocycles. The van der Waals surface area contributed by atoms with E-state index in [-0.39, 0.29) is 26.8 Å². The van der Waals surface area contributed by atoms with Gasteiger partial charge in [0.05, 0.1) is 11.3 Å². The van der Waals surface area contributed by atoms with Crippen LogP contribution in [0, 0.1) is 13.0 Å². The standard InChI is InChI=1S/C12H11N2O.Pt/c1-9-12(10(2)15)8-14(13-9)11-6-4-3-5-7-11;/h3-6,8H,1-2H3;/q-1;. The molecule has 0 saturated heterocycles. The van der Waals surface area contributed by atoms with E-state index < -0.39 is 0 Å². The molecule has 0 aliphatic rings. The summed E-state index contributed by atoms with van der Waals surface area (Å²) in [5, 5.41) is 4.27. The smallest absolute Gasteiger partial charge is 0.163 e. The van der Waals surface area contributed by atoms with Gasteiger partial charge in [0.1, 0.15) is 0 Å². The molecule has 2 rings (SSSR count). The zero-order valence-electron chi connectivity index (χ0n) is 9.01. The number of carbonyl (C=O) groups excluding carboxylic acids is 1. The SMILES string of the molecule is CC(=O)c1cn(-c2[c-]cccc2)nc1C.[Pt]. The van der Waals surface area contributed by atoms with Gasteiger partial charge >= 0.3 is 0 Å². The van der Waals surface area contributed by atoms with Gasteiger partial charge in [-0.2, -0.15) is 29.4 Å². The van der Waals surface area contributed by atoms with Crippen LogP contribution in [0.4, 0.5) is 0 Å². The summed E-state index contributed by atoms with van der Waals surface area (Å²) >= 11 is 0. The molecule has 0 fully saturated rings. The number of para-hydroxylation sites is 1. The first-order valence-electron chi connectivity index (χ1n) is 4.73. The average Bonchev–Trinajstić information content (AvgIpc) is 2.62. The van der Waals surface area contributed by atoms with E-state index in [2.05, 4.69) is 11.2 Å². The first-order chi connectivity index (χ1) is 7.18. The maximum Gasteiger partial charge on any atom is 0.163 e. The average molecular weight is 394 g/mol. The summed E-state index contributed by atoms with van der Waals surface area (Å²) < 4.78 is 1.67. The van der Waals surface area contributed by atoms with Crippen LogP contribution in [0.25, 0.3) is 5.69 Å². The predicted octanol–water partition coefficient (Wildman–Crippen LogP) is 2.18. The number of nitrogens with zero attached hydrogens (tertiary/aromatic N) is 2. The van der Waals surface area contributed by atoms with Gasteiger partial charge in [0.25, 0.3) is 0 Å². The molecule has 1 aromatic carbocycles. The second-order valence-electron chi connectivity index (χ2n) is 3.38. The Bertz CT molecular complexity index is 491. The molecule has 0 radical (unpaired) electrons. The first kappa shape index (κ1) is 12.9. The third-order valence-electron chi connectivity index (χ3n) is 2.22. The van der Waals surface area contributed by atoms with Gasteiger partial charge in [-0.05, 0) is 19.5 Å². The maximum atomic E-state index is 11.2. The number of hydrogen-bond acceptors (Lipinski definition) is 2. The fraction of sp³-hybridized carbons (Fsp3) is 0.167. The molecule has 0 bridgehead atoms.